The van der Waals surface area contributed by atoms with Crippen molar-refractivity contribution in [2.45, 2.75) is 25.9 Å². The molecule has 1 aromatic heterocycles. The molecule has 1 aliphatic rings. The molecule has 0 radical (unpaired) electrons. The predicted octanol–water partition coefficient (Wildman–Crippen LogP) is 2.72. The van der Waals surface area contributed by atoms with Gasteiger partial charge in [-0.1, -0.05) is 17.3 Å². The summed E-state index contributed by atoms with van der Waals surface area (Å²) in [6, 6.07) is 7.49. The van der Waals surface area contributed by atoms with Gasteiger partial charge in [0.25, 0.3) is 5.91 Å². The van der Waals surface area contributed by atoms with Crippen molar-refractivity contribution in [2.75, 3.05) is 13.1 Å². The van der Waals surface area contributed by atoms with E-state index < -0.39 is 11.8 Å². The van der Waals surface area contributed by atoms with Gasteiger partial charge in [-0.3, -0.25) is 9.59 Å². The number of para-hydroxylation sites is 1. The van der Waals surface area contributed by atoms with E-state index in [1.165, 1.54) is 18.2 Å². The van der Waals surface area contributed by atoms with E-state index in [1.54, 1.807) is 17.0 Å². The van der Waals surface area contributed by atoms with Gasteiger partial charge >= 0.3 is 5.97 Å². The number of ether oxygens (including phenoxy) is 1. The number of carbonyl (C=O) groups is 2. The average Bonchev–Trinajstić information content (AvgIpc) is 3.09. The molecule has 138 valence electrons. The molecular formula is C18H19FN2O5. The van der Waals surface area contributed by atoms with E-state index >= 15 is 0 Å². The minimum absolute atomic E-state index is 0.0398. The van der Waals surface area contributed by atoms with Gasteiger partial charge in [0.1, 0.15) is 6.61 Å². The van der Waals surface area contributed by atoms with Gasteiger partial charge in [0, 0.05) is 25.6 Å². The standard InChI is InChI=1S/C18H19FN2O5/c19-14-3-1-2-4-16(14)25-11-13-10-15(20-26-13)18(24)21-7-5-12(6-8-21)9-17(22)23/h1-4,10,12H,5-9,11H2,(H,22,23). The molecule has 0 atom stereocenters. The largest absolute Gasteiger partial charge is 0.482 e. The number of piperidine rings is 1. The number of likely N-dealkylation sites (tertiary alicyclic amines) is 1. The molecule has 2 aromatic rings. The molecule has 3 rings (SSSR count). The molecule has 1 amide bonds. The van der Waals surface area contributed by atoms with Gasteiger partial charge in [0.15, 0.2) is 23.0 Å². The van der Waals surface area contributed by atoms with E-state index in [4.69, 9.17) is 14.4 Å². The zero-order valence-electron chi connectivity index (χ0n) is 14.1. The topological polar surface area (TPSA) is 92.9 Å². The van der Waals surface area contributed by atoms with Crippen LogP contribution in [0, 0.1) is 11.7 Å². The summed E-state index contributed by atoms with van der Waals surface area (Å²) < 4.78 is 23.9. The Morgan fingerprint density at radius 2 is 2.04 bits per heavy atom. The zero-order valence-corrected chi connectivity index (χ0v) is 14.1. The Bertz CT molecular complexity index is 783. The van der Waals surface area contributed by atoms with E-state index in [1.807, 2.05) is 0 Å². The number of aromatic nitrogens is 1. The molecule has 2 heterocycles. The van der Waals surface area contributed by atoms with Gasteiger partial charge in [-0.25, -0.2) is 4.39 Å². The third kappa shape index (κ3) is 4.38. The lowest BCUT2D eigenvalue weighted by atomic mass is 9.93. The number of carbonyl (C=O) groups excluding carboxylic acids is 1. The maximum Gasteiger partial charge on any atom is 0.303 e. The molecule has 0 bridgehead atoms. The second-order valence-electron chi connectivity index (χ2n) is 6.23. The van der Waals surface area contributed by atoms with Crippen LogP contribution >= 0.6 is 0 Å². The molecule has 1 aromatic carbocycles. The molecule has 7 nitrogen and oxygen atoms in total. The number of aliphatic carboxylic acids is 1. The first-order chi connectivity index (χ1) is 12.5. The van der Waals surface area contributed by atoms with Gasteiger partial charge in [-0.15, -0.1) is 0 Å². The SMILES string of the molecule is O=C(O)CC1CCN(C(=O)c2cc(COc3ccccc3F)on2)CC1. The summed E-state index contributed by atoms with van der Waals surface area (Å²) in [7, 11) is 0. The van der Waals surface area contributed by atoms with Crippen molar-refractivity contribution in [3.63, 3.8) is 0 Å². The van der Waals surface area contributed by atoms with Crippen LogP contribution in [0.25, 0.3) is 0 Å². The molecule has 0 unspecified atom stereocenters. The van der Waals surface area contributed by atoms with E-state index in [2.05, 4.69) is 5.16 Å². The van der Waals surface area contributed by atoms with Gasteiger partial charge in [-0.2, -0.15) is 0 Å². The fourth-order valence-electron chi connectivity index (χ4n) is 2.94. The lowest BCUT2D eigenvalue weighted by Gasteiger charge is -2.30. The van der Waals surface area contributed by atoms with Crippen molar-refractivity contribution in [3.05, 3.63) is 47.6 Å². The minimum Gasteiger partial charge on any atom is -0.482 e. The summed E-state index contributed by atoms with van der Waals surface area (Å²) in [5, 5.41) is 12.6. The summed E-state index contributed by atoms with van der Waals surface area (Å²) >= 11 is 0. The number of hydrogen-bond acceptors (Lipinski definition) is 5. The molecular weight excluding hydrogens is 343 g/mol. The second-order valence-corrected chi connectivity index (χ2v) is 6.23. The van der Waals surface area contributed by atoms with E-state index in [0.29, 0.717) is 31.7 Å². The molecule has 8 heteroatoms. The zero-order chi connectivity index (χ0) is 18.5. The molecule has 0 aliphatic carbocycles. The molecule has 1 fully saturated rings. The average molecular weight is 362 g/mol. The minimum atomic E-state index is -0.814. The van der Waals surface area contributed by atoms with Gasteiger partial charge in [0.2, 0.25) is 0 Å². The molecule has 0 saturated carbocycles. The summed E-state index contributed by atoms with van der Waals surface area (Å²) in [6.45, 7) is 0.942. The summed E-state index contributed by atoms with van der Waals surface area (Å²) in [5.74, 6) is -1.05. The fraction of sp³-hybridized carbons (Fsp3) is 0.389. The monoisotopic (exact) mass is 362 g/mol. The van der Waals surface area contributed by atoms with Crippen molar-refractivity contribution in [2.24, 2.45) is 5.92 Å². The predicted molar refractivity (Wildman–Crippen MR) is 88.1 cm³/mol. The van der Waals surface area contributed by atoms with Gasteiger partial charge in [-0.05, 0) is 30.9 Å². The smallest absolute Gasteiger partial charge is 0.303 e. The number of nitrogens with zero attached hydrogens (tertiary/aromatic N) is 2. The van der Waals surface area contributed by atoms with Crippen LogP contribution in [0.3, 0.4) is 0 Å². The number of benzene rings is 1. The molecule has 0 spiro atoms. The highest BCUT2D eigenvalue weighted by molar-refractivity contribution is 5.92. The van der Waals surface area contributed by atoms with Crippen LogP contribution in [0.15, 0.2) is 34.9 Å². The Labute approximate surface area is 149 Å². The van der Waals surface area contributed by atoms with Crippen LogP contribution in [0.1, 0.15) is 35.5 Å². The van der Waals surface area contributed by atoms with Crippen molar-refractivity contribution >= 4 is 11.9 Å². The van der Waals surface area contributed by atoms with Crippen LogP contribution in [0.5, 0.6) is 5.75 Å². The lowest BCUT2D eigenvalue weighted by Crippen LogP contribution is -2.39. The van der Waals surface area contributed by atoms with Crippen LogP contribution < -0.4 is 4.74 Å². The highest BCUT2D eigenvalue weighted by atomic mass is 19.1. The van der Waals surface area contributed by atoms with Crippen molar-refractivity contribution in [1.29, 1.82) is 0 Å². The number of rotatable bonds is 6. The summed E-state index contributed by atoms with van der Waals surface area (Å²) in [5.41, 5.74) is 0.161. The number of hydrogen-bond donors (Lipinski definition) is 1. The molecule has 1 saturated heterocycles. The Hall–Kier alpha value is -2.90. The van der Waals surface area contributed by atoms with E-state index in [0.717, 1.165) is 0 Å². The second kappa shape index (κ2) is 7.99. The highest BCUT2D eigenvalue weighted by Gasteiger charge is 2.26. The highest BCUT2D eigenvalue weighted by Crippen LogP contribution is 2.22. The number of amides is 1. The van der Waals surface area contributed by atoms with Gasteiger partial charge in [0.05, 0.1) is 0 Å². The lowest BCUT2D eigenvalue weighted by molar-refractivity contribution is -0.138. The first-order valence-electron chi connectivity index (χ1n) is 8.37. The van der Waals surface area contributed by atoms with Crippen LogP contribution in [0.2, 0.25) is 0 Å². The first-order valence-corrected chi connectivity index (χ1v) is 8.37. The normalized spacial score (nSPS) is 15.0. The molecule has 26 heavy (non-hydrogen) atoms. The Balaban J connectivity index is 1.53. The van der Waals surface area contributed by atoms with E-state index in [-0.39, 0.29) is 36.3 Å². The fourth-order valence-corrected chi connectivity index (χ4v) is 2.94. The summed E-state index contributed by atoms with van der Waals surface area (Å²) in [4.78, 5) is 24.8. The molecule has 1 N–H and O–H groups in total. The first kappa shape index (κ1) is 17.9. The van der Waals surface area contributed by atoms with E-state index in [9.17, 15) is 14.0 Å². The van der Waals surface area contributed by atoms with Crippen LogP contribution in [-0.4, -0.2) is 40.1 Å². The number of carboxylic acids is 1. The Morgan fingerprint density at radius 1 is 1.31 bits per heavy atom. The third-order valence-electron chi connectivity index (χ3n) is 4.35. The Kier molecular flexibility index (Phi) is 5.50. The maximum absolute atomic E-state index is 13.5. The third-order valence-corrected chi connectivity index (χ3v) is 4.35. The number of carboxylic acid groups (broad SMARTS) is 1. The summed E-state index contributed by atoms with van der Waals surface area (Å²) in [6.07, 6.45) is 1.43. The van der Waals surface area contributed by atoms with Crippen LogP contribution in [0.4, 0.5) is 4.39 Å². The van der Waals surface area contributed by atoms with Crippen LogP contribution in [-0.2, 0) is 11.4 Å². The van der Waals surface area contributed by atoms with Crippen molar-refractivity contribution in [3.8, 4) is 5.75 Å². The maximum atomic E-state index is 13.5. The van der Waals surface area contributed by atoms with Crippen molar-refractivity contribution < 1.29 is 28.3 Å². The molecule has 1 aliphatic heterocycles. The number of halogens is 1. The Morgan fingerprint density at radius 3 is 2.73 bits per heavy atom. The van der Waals surface area contributed by atoms with Gasteiger partial charge < -0.3 is 19.3 Å². The van der Waals surface area contributed by atoms with Crippen molar-refractivity contribution in [1.82, 2.24) is 10.1 Å². The quantitative estimate of drug-likeness (QED) is 0.849.